The number of hydrogen-bond donors (Lipinski definition) is 2. The van der Waals surface area contributed by atoms with Crippen LogP contribution in [0.3, 0.4) is 0 Å². The summed E-state index contributed by atoms with van der Waals surface area (Å²) < 4.78 is 17.6. The molecule has 1 aromatic heterocycles. The lowest BCUT2D eigenvalue weighted by atomic mass is 10.1. The van der Waals surface area contributed by atoms with Crippen molar-refractivity contribution in [2.24, 2.45) is 0 Å². The number of nitrogens with zero attached hydrogens (tertiary/aromatic N) is 1. The predicted molar refractivity (Wildman–Crippen MR) is 126 cm³/mol. The van der Waals surface area contributed by atoms with Gasteiger partial charge in [-0.15, -0.1) is 0 Å². The minimum atomic E-state index is -0.439. The average molecular weight is 445 g/mol. The van der Waals surface area contributed by atoms with Crippen LogP contribution < -0.4 is 25.1 Å². The van der Waals surface area contributed by atoms with Crippen LogP contribution in [-0.2, 0) is 0 Å². The van der Waals surface area contributed by atoms with E-state index < -0.39 is 11.5 Å². The number of carbonyl (C=O) groups is 1. The lowest BCUT2D eigenvalue weighted by molar-refractivity contribution is 0.102. The number of H-pyrrole nitrogens is 1. The summed E-state index contributed by atoms with van der Waals surface area (Å²) in [5.41, 5.74) is 1.93. The van der Waals surface area contributed by atoms with Crippen molar-refractivity contribution in [2.75, 3.05) is 26.6 Å². The molecule has 0 aliphatic carbocycles. The molecule has 0 spiro atoms. The summed E-state index contributed by atoms with van der Waals surface area (Å²) in [7, 11) is 4.64. The minimum absolute atomic E-state index is 0.117. The molecule has 0 atom stereocenters. The second kappa shape index (κ2) is 9.35. The summed E-state index contributed by atoms with van der Waals surface area (Å²) in [5.74, 6) is 1.26. The molecule has 168 valence electrons. The van der Waals surface area contributed by atoms with Gasteiger partial charge >= 0.3 is 0 Å². The van der Waals surface area contributed by atoms with Crippen molar-refractivity contribution in [3.63, 3.8) is 0 Å². The molecule has 3 aromatic carbocycles. The van der Waals surface area contributed by atoms with E-state index in [0.717, 1.165) is 5.69 Å². The van der Waals surface area contributed by atoms with E-state index in [4.69, 9.17) is 14.2 Å². The Kier molecular flexibility index (Phi) is 6.17. The minimum Gasteiger partial charge on any atom is -0.497 e. The van der Waals surface area contributed by atoms with E-state index in [2.05, 4.69) is 10.4 Å². The maximum Gasteiger partial charge on any atom is 0.288 e. The number of amides is 1. The van der Waals surface area contributed by atoms with Crippen LogP contribution >= 0.6 is 0 Å². The highest BCUT2D eigenvalue weighted by Gasteiger charge is 2.22. The highest BCUT2D eigenvalue weighted by molar-refractivity contribution is 6.06. The van der Waals surface area contributed by atoms with Crippen molar-refractivity contribution in [3.8, 4) is 34.2 Å². The molecule has 8 nitrogen and oxygen atoms in total. The Bertz CT molecular complexity index is 1320. The molecule has 4 rings (SSSR count). The van der Waals surface area contributed by atoms with Crippen molar-refractivity contribution in [1.29, 1.82) is 0 Å². The van der Waals surface area contributed by atoms with Crippen LogP contribution in [0.1, 0.15) is 10.4 Å². The summed E-state index contributed by atoms with van der Waals surface area (Å²) in [6.07, 6.45) is 0. The van der Waals surface area contributed by atoms with Crippen LogP contribution in [0.25, 0.3) is 16.9 Å². The van der Waals surface area contributed by atoms with Gasteiger partial charge in [-0.3, -0.25) is 19.4 Å². The van der Waals surface area contributed by atoms with Gasteiger partial charge in [0.1, 0.15) is 11.4 Å². The number of carbonyl (C=O) groups excluding carboxylic acids is 1. The van der Waals surface area contributed by atoms with Gasteiger partial charge in [0.25, 0.3) is 11.5 Å². The van der Waals surface area contributed by atoms with Gasteiger partial charge in [-0.25, -0.2) is 0 Å². The summed E-state index contributed by atoms with van der Waals surface area (Å²) in [6.45, 7) is 0. The zero-order valence-electron chi connectivity index (χ0n) is 18.4. The first-order chi connectivity index (χ1) is 16.0. The van der Waals surface area contributed by atoms with E-state index in [1.807, 2.05) is 30.3 Å². The Balaban J connectivity index is 1.84. The molecule has 0 radical (unpaired) electrons. The largest absolute Gasteiger partial charge is 0.497 e. The summed E-state index contributed by atoms with van der Waals surface area (Å²) >= 11 is 0. The quantitative estimate of drug-likeness (QED) is 0.446. The molecule has 33 heavy (non-hydrogen) atoms. The Hall–Kier alpha value is -4.46. The number of benzene rings is 3. The van der Waals surface area contributed by atoms with Crippen LogP contribution in [0.4, 0.5) is 5.69 Å². The Morgan fingerprint density at radius 2 is 1.55 bits per heavy atom. The topological polar surface area (TPSA) is 94.6 Å². The fourth-order valence-corrected chi connectivity index (χ4v) is 3.50. The lowest BCUT2D eigenvalue weighted by Gasteiger charge is -2.14. The van der Waals surface area contributed by atoms with Gasteiger partial charge in [-0.05, 0) is 54.6 Å². The maximum atomic E-state index is 13.0. The van der Waals surface area contributed by atoms with E-state index >= 15 is 0 Å². The molecule has 0 unspecified atom stereocenters. The van der Waals surface area contributed by atoms with Gasteiger partial charge in [0, 0.05) is 11.1 Å². The molecular weight excluding hydrogens is 422 g/mol. The molecule has 0 aliphatic heterocycles. The number of anilines is 1. The first kappa shape index (κ1) is 21.8. The fourth-order valence-electron chi connectivity index (χ4n) is 3.50. The van der Waals surface area contributed by atoms with Crippen molar-refractivity contribution >= 4 is 11.6 Å². The van der Waals surface area contributed by atoms with E-state index in [1.165, 1.54) is 7.11 Å². The fraction of sp³-hybridized carbons (Fsp3) is 0.120. The van der Waals surface area contributed by atoms with Gasteiger partial charge < -0.3 is 19.5 Å². The molecule has 1 amide bonds. The third-order valence-electron chi connectivity index (χ3n) is 5.16. The van der Waals surface area contributed by atoms with Crippen LogP contribution in [0.2, 0.25) is 0 Å². The molecule has 0 saturated heterocycles. The van der Waals surface area contributed by atoms with Gasteiger partial charge in [0.15, 0.2) is 11.5 Å². The summed E-state index contributed by atoms with van der Waals surface area (Å²) in [5, 5.41) is 5.59. The zero-order valence-corrected chi connectivity index (χ0v) is 18.4. The number of para-hydroxylation sites is 1. The molecule has 1 heterocycles. The van der Waals surface area contributed by atoms with Crippen molar-refractivity contribution in [2.45, 2.75) is 0 Å². The standard InChI is InChI=1S/C25H23N3O5/c1-31-19-12-9-16(10-13-19)24(29)26-22-23(17-11-14-20(32-2)21(15-17)33-3)28(27-25(22)30)18-7-5-4-6-8-18/h4-15H,1-3H3,(H,26,29)(H,27,30). The van der Waals surface area contributed by atoms with Gasteiger partial charge in [0.05, 0.1) is 32.7 Å². The Morgan fingerprint density at radius 1 is 0.848 bits per heavy atom. The normalized spacial score (nSPS) is 10.5. The molecule has 0 fully saturated rings. The maximum absolute atomic E-state index is 13.0. The average Bonchev–Trinajstić information content (AvgIpc) is 3.19. The number of aromatic amines is 1. The van der Waals surface area contributed by atoms with Crippen molar-refractivity contribution in [1.82, 2.24) is 9.78 Å². The van der Waals surface area contributed by atoms with Gasteiger partial charge in [-0.1, -0.05) is 18.2 Å². The number of nitrogens with one attached hydrogen (secondary N) is 2. The van der Waals surface area contributed by atoms with E-state index in [1.54, 1.807) is 61.4 Å². The monoisotopic (exact) mass is 445 g/mol. The number of ether oxygens (including phenoxy) is 3. The molecule has 4 aromatic rings. The first-order valence-electron chi connectivity index (χ1n) is 10.1. The van der Waals surface area contributed by atoms with E-state index in [9.17, 15) is 9.59 Å². The smallest absolute Gasteiger partial charge is 0.288 e. The Labute approximate surface area is 190 Å². The predicted octanol–water partition coefficient (Wildman–Crippen LogP) is 4.11. The molecule has 0 saturated carbocycles. The summed E-state index contributed by atoms with van der Waals surface area (Å²) in [6, 6.07) is 21.3. The molecule has 2 N–H and O–H groups in total. The third kappa shape index (κ3) is 4.31. The number of aromatic nitrogens is 2. The lowest BCUT2D eigenvalue weighted by Crippen LogP contribution is -2.17. The van der Waals surface area contributed by atoms with E-state index in [0.29, 0.717) is 34.1 Å². The van der Waals surface area contributed by atoms with Crippen LogP contribution in [0.15, 0.2) is 77.6 Å². The number of rotatable bonds is 7. The van der Waals surface area contributed by atoms with Crippen LogP contribution in [-0.4, -0.2) is 37.0 Å². The molecule has 0 bridgehead atoms. The van der Waals surface area contributed by atoms with Crippen molar-refractivity contribution < 1.29 is 19.0 Å². The molecular formula is C25H23N3O5. The number of methoxy groups -OCH3 is 3. The Morgan fingerprint density at radius 3 is 2.18 bits per heavy atom. The zero-order chi connectivity index (χ0) is 23.4. The third-order valence-corrected chi connectivity index (χ3v) is 5.16. The first-order valence-corrected chi connectivity index (χ1v) is 10.1. The number of hydrogen-bond acceptors (Lipinski definition) is 5. The second-order valence-corrected chi connectivity index (χ2v) is 7.09. The molecule has 8 heteroatoms. The van der Waals surface area contributed by atoms with Crippen LogP contribution in [0.5, 0.6) is 17.2 Å². The van der Waals surface area contributed by atoms with Gasteiger partial charge in [0.2, 0.25) is 0 Å². The summed E-state index contributed by atoms with van der Waals surface area (Å²) in [4.78, 5) is 25.9. The molecule has 0 aliphatic rings. The van der Waals surface area contributed by atoms with E-state index in [-0.39, 0.29) is 5.69 Å². The highest BCUT2D eigenvalue weighted by atomic mass is 16.5. The second-order valence-electron chi connectivity index (χ2n) is 7.09. The van der Waals surface area contributed by atoms with Gasteiger partial charge in [-0.2, -0.15) is 0 Å². The SMILES string of the molecule is COc1ccc(C(=O)Nc2c(-c3ccc(OC)c(OC)c3)n(-c3ccccc3)[nH]c2=O)cc1. The highest BCUT2D eigenvalue weighted by Crippen LogP contribution is 2.35. The van der Waals surface area contributed by atoms with Crippen LogP contribution in [0, 0.1) is 0 Å². The van der Waals surface area contributed by atoms with Crippen molar-refractivity contribution in [3.05, 3.63) is 88.7 Å².